The number of nitrogens with zero attached hydrogens (tertiary/aromatic N) is 2. The van der Waals surface area contributed by atoms with Crippen molar-refractivity contribution in [2.75, 3.05) is 0 Å². The van der Waals surface area contributed by atoms with E-state index in [2.05, 4.69) is 56.0 Å². The van der Waals surface area contributed by atoms with Gasteiger partial charge in [0.15, 0.2) is 0 Å². The molecule has 0 bridgehead atoms. The van der Waals surface area contributed by atoms with Crippen LogP contribution in [0, 0.1) is 20.8 Å². The fraction of sp³-hybridized carbons (Fsp3) is 0.545. The summed E-state index contributed by atoms with van der Waals surface area (Å²) in [7, 11) is 2.11. The summed E-state index contributed by atoms with van der Waals surface area (Å²) in [4.78, 5) is 0. The third kappa shape index (κ3) is 1.67. The molecule has 0 atom stereocenters. The summed E-state index contributed by atoms with van der Waals surface area (Å²) >= 11 is 0. The number of allylic oxidation sites excluding steroid dienone is 2. The lowest BCUT2D eigenvalue weighted by Crippen LogP contribution is -2.33. The third-order valence-electron chi connectivity index (χ3n) is 2.83. The third-order valence-corrected chi connectivity index (χ3v) is 2.83. The maximum Gasteiger partial charge on any atom is 0.253 e. The minimum atomic E-state index is 0.982. The predicted molar refractivity (Wildman–Crippen MR) is 54.6 cm³/mol. The molecule has 0 aliphatic carbocycles. The highest BCUT2D eigenvalue weighted by molar-refractivity contribution is 5.07. The van der Waals surface area contributed by atoms with Crippen molar-refractivity contribution < 1.29 is 4.57 Å². The highest BCUT2D eigenvalue weighted by Crippen LogP contribution is 2.06. The summed E-state index contributed by atoms with van der Waals surface area (Å²) in [5.41, 5.74) is 2.71. The summed E-state index contributed by atoms with van der Waals surface area (Å²) in [6, 6.07) is 0. The normalized spacial score (nSPS) is 11.5. The summed E-state index contributed by atoms with van der Waals surface area (Å²) < 4.78 is 4.56. The van der Waals surface area contributed by atoms with Crippen LogP contribution < -0.4 is 4.57 Å². The van der Waals surface area contributed by atoms with E-state index in [4.69, 9.17) is 0 Å². The Morgan fingerprint density at radius 1 is 1.31 bits per heavy atom. The van der Waals surface area contributed by atoms with Crippen LogP contribution in [0.5, 0.6) is 0 Å². The van der Waals surface area contributed by atoms with Crippen LogP contribution in [0.1, 0.15) is 24.1 Å². The van der Waals surface area contributed by atoms with Crippen molar-refractivity contribution in [1.29, 1.82) is 0 Å². The molecule has 13 heavy (non-hydrogen) atoms. The molecule has 72 valence electrons. The Balaban J connectivity index is 3.13. The number of aromatic nitrogens is 2. The van der Waals surface area contributed by atoms with E-state index in [-0.39, 0.29) is 0 Å². The van der Waals surface area contributed by atoms with E-state index in [9.17, 15) is 0 Å². The van der Waals surface area contributed by atoms with Crippen molar-refractivity contribution in [2.24, 2.45) is 7.05 Å². The summed E-state index contributed by atoms with van der Waals surface area (Å²) in [5, 5.41) is 0. The second-order valence-corrected chi connectivity index (χ2v) is 3.46. The maximum atomic E-state index is 2.33. The smallest absolute Gasteiger partial charge is 0.234 e. The SMILES string of the molecule is CC=CCn1c(C)c(C)[n+](C)c1C. The molecule has 0 aliphatic rings. The molecule has 0 spiro atoms. The lowest BCUT2D eigenvalue weighted by atomic mass is 10.3. The number of hydrogen-bond acceptors (Lipinski definition) is 0. The second kappa shape index (κ2) is 3.77. The van der Waals surface area contributed by atoms with E-state index in [1.807, 2.05) is 0 Å². The molecule has 0 amide bonds. The Hall–Kier alpha value is -1.05. The van der Waals surface area contributed by atoms with Gasteiger partial charge in [-0.25, -0.2) is 9.13 Å². The summed E-state index contributed by atoms with van der Waals surface area (Å²) in [5.74, 6) is 1.31. The first kappa shape index (κ1) is 10.0. The van der Waals surface area contributed by atoms with E-state index in [0.717, 1.165) is 6.54 Å². The van der Waals surface area contributed by atoms with Crippen LogP contribution in [0.15, 0.2) is 12.2 Å². The lowest BCUT2D eigenvalue weighted by Gasteiger charge is -1.95. The van der Waals surface area contributed by atoms with Gasteiger partial charge in [-0.1, -0.05) is 6.08 Å². The molecule has 0 unspecified atom stereocenters. The minimum Gasteiger partial charge on any atom is -0.234 e. The zero-order valence-electron chi connectivity index (χ0n) is 9.26. The Kier molecular flexibility index (Phi) is 2.91. The van der Waals surface area contributed by atoms with Crippen LogP contribution in [0.4, 0.5) is 0 Å². The minimum absolute atomic E-state index is 0.982. The van der Waals surface area contributed by atoms with Gasteiger partial charge in [-0.2, -0.15) is 0 Å². The molecule has 0 saturated heterocycles. The molecular weight excluding hydrogens is 160 g/mol. The molecule has 0 radical (unpaired) electrons. The molecule has 2 nitrogen and oxygen atoms in total. The number of imidazole rings is 1. The van der Waals surface area contributed by atoms with Crippen molar-refractivity contribution >= 4 is 0 Å². The van der Waals surface area contributed by atoms with E-state index in [0.29, 0.717) is 0 Å². The highest BCUT2D eigenvalue weighted by Gasteiger charge is 2.17. The van der Waals surface area contributed by atoms with E-state index in [1.54, 1.807) is 0 Å². The van der Waals surface area contributed by atoms with E-state index in [1.165, 1.54) is 17.2 Å². The number of hydrogen-bond donors (Lipinski definition) is 0. The largest absolute Gasteiger partial charge is 0.253 e. The van der Waals surface area contributed by atoms with Crippen LogP contribution in [-0.2, 0) is 13.6 Å². The molecule has 1 aromatic rings. The first-order valence-corrected chi connectivity index (χ1v) is 4.73. The topological polar surface area (TPSA) is 8.81 Å². The van der Waals surface area contributed by atoms with Crippen LogP contribution in [-0.4, -0.2) is 4.57 Å². The molecule has 0 fully saturated rings. The average Bonchev–Trinajstić information content (AvgIpc) is 2.30. The van der Waals surface area contributed by atoms with Gasteiger partial charge in [-0.3, -0.25) is 0 Å². The van der Waals surface area contributed by atoms with Gasteiger partial charge in [0.2, 0.25) is 0 Å². The zero-order chi connectivity index (χ0) is 10.0. The van der Waals surface area contributed by atoms with Crippen molar-refractivity contribution in [3.8, 4) is 0 Å². The van der Waals surface area contributed by atoms with E-state index >= 15 is 0 Å². The van der Waals surface area contributed by atoms with E-state index < -0.39 is 0 Å². The van der Waals surface area contributed by atoms with Gasteiger partial charge in [0, 0.05) is 20.8 Å². The van der Waals surface area contributed by atoms with Crippen molar-refractivity contribution in [3.63, 3.8) is 0 Å². The van der Waals surface area contributed by atoms with Gasteiger partial charge in [-0.05, 0) is 13.0 Å². The monoisotopic (exact) mass is 179 g/mol. The predicted octanol–water partition coefficient (Wildman–Crippen LogP) is 1.81. The fourth-order valence-corrected chi connectivity index (χ4v) is 1.58. The molecular formula is C11H19N2+. The Bertz CT molecular complexity index is 307. The Labute approximate surface area is 80.5 Å². The fourth-order valence-electron chi connectivity index (χ4n) is 1.58. The molecule has 1 heterocycles. The van der Waals surface area contributed by atoms with Crippen LogP contribution in [0.3, 0.4) is 0 Å². The molecule has 2 heteroatoms. The summed E-state index contributed by atoms with van der Waals surface area (Å²) in [6.45, 7) is 9.53. The Morgan fingerprint density at radius 2 is 1.92 bits per heavy atom. The molecule has 1 rings (SSSR count). The highest BCUT2D eigenvalue weighted by atomic mass is 15.2. The van der Waals surface area contributed by atoms with Gasteiger partial charge in [0.05, 0.1) is 7.05 Å². The first-order chi connectivity index (χ1) is 6.09. The number of rotatable bonds is 2. The van der Waals surface area contributed by atoms with Gasteiger partial charge >= 0.3 is 0 Å². The summed E-state index contributed by atoms with van der Waals surface area (Å²) in [6.07, 6.45) is 4.27. The van der Waals surface area contributed by atoms with Gasteiger partial charge < -0.3 is 0 Å². The van der Waals surface area contributed by atoms with Crippen LogP contribution >= 0.6 is 0 Å². The lowest BCUT2D eigenvalue weighted by molar-refractivity contribution is -0.683. The van der Waals surface area contributed by atoms with Crippen molar-refractivity contribution in [3.05, 3.63) is 29.4 Å². The molecule has 0 aliphatic heterocycles. The van der Waals surface area contributed by atoms with Crippen LogP contribution in [0.2, 0.25) is 0 Å². The standard InChI is InChI=1S/C11H19N2/c1-6-7-8-13-10(3)9(2)12(5)11(13)4/h6-7H,8H2,1-5H3/q+1. The Morgan fingerprint density at radius 3 is 2.31 bits per heavy atom. The van der Waals surface area contributed by atoms with Crippen LogP contribution in [0.25, 0.3) is 0 Å². The van der Waals surface area contributed by atoms with Gasteiger partial charge in [0.1, 0.15) is 17.9 Å². The van der Waals surface area contributed by atoms with Gasteiger partial charge in [0.25, 0.3) is 5.82 Å². The van der Waals surface area contributed by atoms with Crippen molar-refractivity contribution in [1.82, 2.24) is 4.57 Å². The van der Waals surface area contributed by atoms with Crippen molar-refractivity contribution in [2.45, 2.75) is 34.2 Å². The first-order valence-electron chi connectivity index (χ1n) is 4.73. The second-order valence-electron chi connectivity index (χ2n) is 3.46. The zero-order valence-corrected chi connectivity index (χ0v) is 9.26. The quantitative estimate of drug-likeness (QED) is 0.483. The molecule has 1 aromatic heterocycles. The maximum absolute atomic E-state index is 2.33. The van der Waals surface area contributed by atoms with Gasteiger partial charge in [-0.15, -0.1) is 0 Å². The average molecular weight is 179 g/mol. The molecule has 0 N–H and O–H groups in total. The molecule has 0 saturated carbocycles. The molecule has 0 aromatic carbocycles.